The predicted molar refractivity (Wildman–Crippen MR) is 84.4 cm³/mol. The second-order valence-corrected chi connectivity index (χ2v) is 6.57. The molecule has 0 saturated carbocycles. The Balaban J connectivity index is 1.95. The van der Waals surface area contributed by atoms with Gasteiger partial charge in [-0.1, -0.05) is 33.6 Å². The average Bonchev–Trinajstić information content (AvgIpc) is 2.74. The molecule has 0 aromatic heterocycles. The number of halogens is 2. The van der Waals surface area contributed by atoms with Crippen LogP contribution < -0.4 is 4.90 Å². The molecule has 0 aliphatic carbocycles. The molecule has 4 nitrogen and oxygen atoms in total. The number of ketones is 1. The number of benzene rings is 1. The van der Waals surface area contributed by atoms with Crippen LogP contribution in [0.2, 0.25) is 5.02 Å². The summed E-state index contributed by atoms with van der Waals surface area (Å²) in [5.41, 5.74) is 0.906. The van der Waals surface area contributed by atoms with Gasteiger partial charge in [0.15, 0.2) is 0 Å². The van der Waals surface area contributed by atoms with Crippen molar-refractivity contribution in [2.24, 2.45) is 5.41 Å². The van der Waals surface area contributed by atoms with Crippen LogP contribution in [0.3, 0.4) is 0 Å². The number of hydrogen-bond donors (Lipinski definition) is 0. The number of ether oxygens (including phenoxy) is 1. The highest BCUT2D eigenvalue weighted by Gasteiger charge is 2.42. The zero-order chi connectivity index (χ0) is 15.0. The van der Waals surface area contributed by atoms with E-state index in [9.17, 15) is 9.59 Å². The summed E-state index contributed by atoms with van der Waals surface area (Å²) in [5.74, 6) is -0.989. The Morgan fingerprint density at radius 2 is 2.00 bits per heavy atom. The fourth-order valence-corrected chi connectivity index (χ4v) is 3.93. The Hall–Kier alpha value is -0.910. The first kappa shape index (κ1) is 15.0. The maximum absolute atomic E-state index is 12.3. The summed E-state index contributed by atoms with van der Waals surface area (Å²) >= 11 is 9.64. The molecule has 1 fully saturated rings. The fourth-order valence-electron chi connectivity index (χ4n) is 2.93. The largest absolute Gasteiger partial charge is 0.381 e. The van der Waals surface area contributed by atoms with Crippen LogP contribution in [0, 0.1) is 5.41 Å². The molecule has 0 atom stereocenters. The SMILES string of the molecule is O=C1C(=O)N(CC2(CBr)CCOCC2)c2cccc(Cl)c21. The van der Waals surface area contributed by atoms with Gasteiger partial charge < -0.3 is 9.64 Å². The molecule has 2 aliphatic heterocycles. The van der Waals surface area contributed by atoms with Crippen LogP contribution in [-0.2, 0) is 9.53 Å². The Morgan fingerprint density at radius 1 is 1.29 bits per heavy atom. The van der Waals surface area contributed by atoms with Crippen LogP contribution in [0.1, 0.15) is 23.2 Å². The Bertz CT molecular complexity index is 599. The third-order valence-electron chi connectivity index (χ3n) is 4.28. The maximum atomic E-state index is 12.3. The highest BCUT2D eigenvalue weighted by Crippen LogP contribution is 2.39. The standard InChI is InChI=1S/C15H15BrClNO3/c16-8-15(4-6-21-7-5-15)9-18-11-3-1-2-10(17)12(11)13(19)14(18)20/h1-3H,4-9H2. The third kappa shape index (κ3) is 2.51. The van der Waals surface area contributed by atoms with E-state index in [2.05, 4.69) is 15.9 Å². The number of Topliss-reactive ketones (excluding diaryl/α,β-unsaturated/α-hetero) is 1. The van der Waals surface area contributed by atoms with E-state index in [-0.39, 0.29) is 5.41 Å². The third-order valence-corrected chi connectivity index (χ3v) is 5.78. The van der Waals surface area contributed by atoms with E-state index in [1.165, 1.54) is 0 Å². The molecule has 0 radical (unpaired) electrons. The van der Waals surface area contributed by atoms with Gasteiger partial charge in [0.25, 0.3) is 11.7 Å². The number of carbonyl (C=O) groups is 2. The molecule has 2 heterocycles. The molecule has 0 N–H and O–H groups in total. The van der Waals surface area contributed by atoms with E-state index < -0.39 is 11.7 Å². The monoisotopic (exact) mass is 371 g/mol. The molecule has 1 aromatic carbocycles. The Kier molecular flexibility index (Phi) is 4.08. The average molecular weight is 373 g/mol. The molecule has 112 valence electrons. The molecule has 1 saturated heterocycles. The van der Waals surface area contributed by atoms with E-state index >= 15 is 0 Å². The van der Waals surface area contributed by atoms with Gasteiger partial charge in [0.2, 0.25) is 0 Å². The van der Waals surface area contributed by atoms with Gasteiger partial charge in [-0.15, -0.1) is 0 Å². The van der Waals surface area contributed by atoms with Gasteiger partial charge in [-0.25, -0.2) is 0 Å². The molecule has 2 aliphatic rings. The van der Waals surface area contributed by atoms with Crippen molar-refractivity contribution in [2.45, 2.75) is 12.8 Å². The number of fused-ring (bicyclic) bond motifs is 1. The van der Waals surface area contributed by atoms with E-state index in [0.29, 0.717) is 36.0 Å². The van der Waals surface area contributed by atoms with Gasteiger partial charge in [0, 0.05) is 30.5 Å². The molecular formula is C15H15BrClNO3. The summed E-state index contributed by atoms with van der Waals surface area (Å²) < 4.78 is 5.42. The van der Waals surface area contributed by atoms with Gasteiger partial charge in [-0.05, 0) is 25.0 Å². The number of rotatable bonds is 3. The lowest BCUT2D eigenvalue weighted by Gasteiger charge is -2.38. The van der Waals surface area contributed by atoms with Crippen molar-refractivity contribution < 1.29 is 14.3 Å². The van der Waals surface area contributed by atoms with E-state index in [1.807, 2.05) is 0 Å². The van der Waals surface area contributed by atoms with Crippen molar-refractivity contribution in [2.75, 3.05) is 30.0 Å². The number of anilines is 1. The van der Waals surface area contributed by atoms with Gasteiger partial charge >= 0.3 is 0 Å². The summed E-state index contributed by atoms with van der Waals surface area (Å²) in [4.78, 5) is 26.0. The summed E-state index contributed by atoms with van der Waals surface area (Å²) in [6.45, 7) is 1.88. The minimum atomic E-state index is -0.507. The van der Waals surface area contributed by atoms with Gasteiger partial charge in [0.1, 0.15) is 0 Å². The number of carbonyl (C=O) groups excluding carboxylic acids is 2. The maximum Gasteiger partial charge on any atom is 0.299 e. The predicted octanol–water partition coefficient (Wildman–Crippen LogP) is 3.06. The van der Waals surface area contributed by atoms with E-state index in [0.717, 1.165) is 18.2 Å². The molecule has 0 bridgehead atoms. The fraction of sp³-hybridized carbons (Fsp3) is 0.467. The summed E-state index contributed by atoms with van der Waals surface area (Å²) in [7, 11) is 0. The lowest BCUT2D eigenvalue weighted by Crippen LogP contribution is -2.44. The first-order valence-corrected chi connectivity index (χ1v) is 8.36. The second-order valence-electron chi connectivity index (χ2n) is 5.60. The number of alkyl halides is 1. The number of amides is 1. The number of nitrogens with zero attached hydrogens (tertiary/aromatic N) is 1. The topological polar surface area (TPSA) is 46.6 Å². The zero-order valence-corrected chi connectivity index (χ0v) is 13.7. The molecule has 1 amide bonds. The van der Waals surface area contributed by atoms with Crippen LogP contribution in [-0.4, -0.2) is 36.8 Å². The minimum absolute atomic E-state index is 0.0574. The lowest BCUT2D eigenvalue weighted by molar-refractivity contribution is -0.114. The summed E-state index contributed by atoms with van der Waals surface area (Å²) in [6.07, 6.45) is 1.73. The molecule has 0 unspecified atom stereocenters. The first-order valence-electron chi connectivity index (χ1n) is 6.86. The summed E-state index contributed by atoms with van der Waals surface area (Å²) in [6, 6.07) is 5.19. The normalized spacial score (nSPS) is 20.8. The molecule has 6 heteroatoms. The van der Waals surface area contributed by atoms with Crippen molar-refractivity contribution in [3.63, 3.8) is 0 Å². The smallest absolute Gasteiger partial charge is 0.299 e. The number of hydrogen-bond acceptors (Lipinski definition) is 3. The van der Waals surface area contributed by atoms with Gasteiger partial charge in [-0.2, -0.15) is 0 Å². The Labute approximate surface area is 136 Å². The lowest BCUT2D eigenvalue weighted by atomic mass is 9.82. The van der Waals surface area contributed by atoms with Crippen molar-refractivity contribution in [3.8, 4) is 0 Å². The van der Waals surface area contributed by atoms with Crippen LogP contribution >= 0.6 is 27.5 Å². The van der Waals surface area contributed by atoms with Crippen molar-refractivity contribution in [3.05, 3.63) is 28.8 Å². The minimum Gasteiger partial charge on any atom is -0.381 e. The van der Waals surface area contributed by atoms with E-state index in [1.54, 1.807) is 23.1 Å². The van der Waals surface area contributed by atoms with Gasteiger partial charge in [0.05, 0.1) is 16.3 Å². The van der Waals surface area contributed by atoms with Crippen LogP contribution in [0.25, 0.3) is 0 Å². The quantitative estimate of drug-likeness (QED) is 0.605. The first-order chi connectivity index (χ1) is 10.1. The van der Waals surface area contributed by atoms with Crippen LogP contribution in [0.5, 0.6) is 0 Å². The highest BCUT2D eigenvalue weighted by molar-refractivity contribution is 9.09. The van der Waals surface area contributed by atoms with Gasteiger partial charge in [-0.3, -0.25) is 9.59 Å². The zero-order valence-electron chi connectivity index (χ0n) is 11.4. The molecular weight excluding hydrogens is 358 g/mol. The summed E-state index contributed by atoms with van der Waals surface area (Å²) in [5, 5.41) is 1.12. The van der Waals surface area contributed by atoms with E-state index in [4.69, 9.17) is 16.3 Å². The molecule has 21 heavy (non-hydrogen) atoms. The van der Waals surface area contributed by atoms with Crippen molar-refractivity contribution in [1.29, 1.82) is 0 Å². The molecule has 1 aromatic rings. The molecule has 3 rings (SSSR count). The van der Waals surface area contributed by atoms with Crippen LogP contribution in [0.4, 0.5) is 5.69 Å². The second kappa shape index (κ2) is 5.71. The van der Waals surface area contributed by atoms with Crippen molar-refractivity contribution in [1.82, 2.24) is 0 Å². The van der Waals surface area contributed by atoms with Crippen LogP contribution in [0.15, 0.2) is 18.2 Å². The highest BCUT2D eigenvalue weighted by atomic mass is 79.9. The Morgan fingerprint density at radius 3 is 2.67 bits per heavy atom. The van der Waals surface area contributed by atoms with Crippen molar-refractivity contribution >= 4 is 44.9 Å². The molecule has 0 spiro atoms.